The van der Waals surface area contributed by atoms with Gasteiger partial charge in [-0.15, -0.1) is 0 Å². The topological polar surface area (TPSA) is 38.8 Å². The van der Waals surface area contributed by atoms with E-state index in [0.29, 0.717) is 13.1 Å². The second-order valence-corrected chi connectivity index (χ2v) is 5.92. The van der Waals surface area contributed by atoms with Crippen molar-refractivity contribution < 1.29 is 4.79 Å². The molecule has 0 atom stereocenters. The summed E-state index contributed by atoms with van der Waals surface area (Å²) >= 11 is 0. The standard InChI is InChI=1S/C16H26N4O/c1-18(2)15-6-4-14(5-7-15)12-17-16(21)13-20-10-8-19(3)9-11-20/h4-7H,8-13H2,1-3H3,(H,17,21). The minimum Gasteiger partial charge on any atom is -0.378 e. The SMILES string of the molecule is CN1CCN(CC(=O)NCc2ccc(N(C)C)cc2)CC1. The Morgan fingerprint density at radius 2 is 1.76 bits per heavy atom. The number of carbonyl (C=O) groups is 1. The summed E-state index contributed by atoms with van der Waals surface area (Å²) in [4.78, 5) is 18.5. The van der Waals surface area contributed by atoms with Gasteiger partial charge in [-0.3, -0.25) is 9.69 Å². The number of anilines is 1. The van der Waals surface area contributed by atoms with Crippen molar-refractivity contribution in [2.24, 2.45) is 0 Å². The van der Waals surface area contributed by atoms with Crippen LogP contribution in [0.25, 0.3) is 0 Å². The lowest BCUT2D eigenvalue weighted by Gasteiger charge is -2.31. The quantitative estimate of drug-likeness (QED) is 0.863. The third-order valence-corrected chi connectivity index (χ3v) is 3.91. The Bertz CT molecular complexity index is 450. The summed E-state index contributed by atoms with van der Waals surface area (Å²) < 4.78 is 0. The van der Waals surface area contributed by atoms with E-state index < -0.39 is 0 Å². The summed E-state index contributed by atoms with van der Waals surface area (Å²) in [5.41, 5.74) is 2.30. The van der Waals surface area contributed by atoms with Crippen LogP contribution >= 0.6 is 0 Å². The summed E-state index contributed by atoms with van der Waals surface area (Å²) in [6.07, 6.45) is 0. The van der Waals surface area contributed by atoms with E-state index in [0.717, 1.165) is 31.7 Å². The zero-order valence-corrected chi connectivity index (χ0v) is 13.3. The highest BCUT2D eigenvalue weighted by molar-refractivity contribution is 5.78. The lowest BCUT2D eigenvalue weighted by molar-refractivity contribution is -0.122. The Morgan fingerprint density at radius 3 is 2.33 bits per heavy atom. The molecule has 1 aromatic rings. The minimum absolute atomic E-state index is 0.108. The molecule has 0 unspecified atom stereocenters. The predicted octanol–water partition coefficient (Wildman–Crippen LogP) is 0.616. The van der Waals surface area contributed by atoms with E-state index in [1.54, 1.807) is 0 Å². The summed E-state index contributed by atoms with van der Waals surface area (Å²) in [7, 11) is 6.16. The number of amides is 1. The van der Waals surface area contributed by atoms with Gasteiger partial charge in [-0.05, 0) is 24.7 Å². The summed E-state index contributed by atoms with van der Waals surface area (Å²) in [5.74, 6) is 0.108. The molecule has 0 spiro atoms. The Balaban J connectivity index is 1.73. The molecule has 1 N–H and O–H groups in total. The molecule has 21 heavy (non-hydrogen) atoms. The molecule has 1 aromatic carbocycles. The first-order chi connectivity index (χ1) is 10.0. The van der Waals surface area contributed by atoms with Gasteiger partial charge in [0, 0.05) is 52.5 Å². The first-order valence-electron chi connectivity index (χ1n) is 7.48. The van der Waals surface area contributed by atoms with Crippen molar-refractivity contribution in [3.05, 3.63) is 29.8 Å². The lowest BCUT2D eigenvalue weighted by atomic mass is 10.2. The van der Waals surface area contributed by atoms with Crippen LogP contribution < -0.4 is 10.2 Å². The largest absolute Gasteiger partial charge is 0.378 e. The van der Waals surface area contributed by atoms with Gasteiger partial charge in [0.2, 0.25) is 5.91 Å². The van der Waals surface area contributed by atoms with Crippen LogP contribution in [0, 0.1) is 0 Å². The van der Waals surface area contributed by atoms with Crippen LogP contribution in [-0.2, 0) is 11.3 Å². The molecule has 5 nitrogen and oxygen atoms in total. The normalized spacial score (nSPS) is 16.7. The second kappa shape index (κ2) is 7.43. The molecular formula is C16H26N4O. The van der Waals surface area contributed by atoms with Crippen molar-refractivity contribution in [2.45, 2.75) is 6.54 Å². The molecule has 5 heteroatoms. The third kappa shape index (κ3) is 5.02. The molecule has 116 valence electrons. The van der Waals surface area contributed by atoms with Crippen molar-refractivity contribution in [3.63, 3.8) is 0 Å². The zero-order chi connectivity index (χ0) is 15.2. The van der Waals surface area contributed by atoms with Crippen LogP contribution in [0.15, 0.2) is 24.3 Å². The Hall–Kier alpha value is -1.59. The van der Waals surface area contributed by atoms with Crippen LogP contribution in [0.3, 0.4) is 0 Å². The van der Waals surface area contributed by atoms with Gasteiger partial charge in [0.1, 0.15) is 0 Å². The van der Waals surface area contributed by atoms with Crippen LogP contribution in [0.2, 0.25) is 0 Å². The lowest BCUT2D eigenvalue weighted by Crippen LogP contribution is -2.48. The minimum atomic E-state index is 0.108. The van der Waals surface area contributed by atoms with Crippen molar-refractivity contribution in [1.82, 2.24) is 15.1 Å². The zero-order valence-electron chi connectivity index (χ0n) is 13.3. The molecule has 1 aliphatic rings. The monoisotopic (exact) mass is 290 g/mol. The number of likely N-dealkylation sites (N-methyl/N-ethyl adjacent to an activating group) is 1. The van der Waals surface area contributed by atoms with Crippen LogP contribution in [0.5, 0.6) is 0 Å². The van der Waals surface area contributed by atoms with E-state index in [2.05, 4.69) is 51.3 Å². The number of benzene rings is 1. The molecule has 0 saturated carbocycles. The van der Waals surface area contributed by atoms with E-state index in [1.165, 1.54) is 5.69 Å². The molecule has 0 aromatic heterocycles. The highest BCUT2D eigenvalue weighted by Crippen LogP contribution is 2.11. The van der Waals surface area contributed by atoms with Crippen LogP contribution in [0.4, 0.5) is 5.69 Å². The van der Waals surface area contributed by atoms with Crippen molar-refractivity contribution in [3.8, 4) is 0 Å². The number of nitrogens with one attached hydrogen (secondary N) is 1. The van der Waals surface area contributed by atoms with E-state index >= 15 is 0 Å². The maximum absolute atomic E-state index is 12.0. The summed E-state index contributed by atoms with van der Waals surface area (Å²) in [6.45, 7) is 5.13. The maximum Gasteiger partial charge on any atom is 0.234 e. The number of hydrogen-bond donors (Lipinski definition) is 1. The molecule has 0 bridgehead atoms. The van der Waals surface area contributed by atoms with Gasteiger partial charge in [0.25, 0.3) is 0 Å². The molecule has 1 heterocycles. The number of piperazine rings is 1. The molecule has 1 saturated heterocycles. The number of nitrogens with zero attached hydrogens (tertiary/aromatic N) is 3. The fourth-order valence-corrected chi connectivity index (χ4v) is 2.38. The van der Waals surface area contributed by atoms with Gasteiger partial charge in [-0.1, -0.05) is 12.1 Å². The fourth-order valence-electron chi connectivity index (χ4n) is 2.38. The molecular weight excluding hydrogens is 264 g/mol. The smallest absolute Gasteiger partial charge is 0.234 e. The number of carbonyl (C=O) groups excluding carboxylic acids is 1. The predicted molar refractivity (Wildman–Crippen MR) is 86.6 cm³/mol. The molecule has 1 aliphatic heterocycles. The third-order valence-electron chi connectivity index (χ3n) is 3.91. The molecule has 0 aliphatic carbocycles. The van der Waals surface area contributed by atoms with Gasteiger partial charge >= 0.3 is 0 Å². The van der Waals surface area contributed by atoms with E-state index in [4.69, 9.17) is 0 Å². The average Bonchev–Trinajstić information content (AvgIpc) is 2.48. The highest BCUT2D eigenvalue weighted by atomic mass is 16.2. The molecule has 2 rings (SSSR count). The van der Waals surface area contributed by atoms with Crippen LogP contribution in [-0.4, -0.2) is 69.6 Å². The molecule has 0 radical (unpaired) electrons. The number of hydrogen-bond acceptors (Lipinski definition) is 4. The Kier molecular flexibility index (Phi) is 5.59. The summed E-state index contributed by atoms with van der Waals surface area (Å²) in [6, 6.07) is 8.26. The maximum atomic E-state index is 12.0. The molecule has 1 fully saturated rings. The van der Waals surface area contributed by atoms with Gasteiger partial charge in [0.15, 0.2) is 0 Å². The first-order valence-corrected chi connectivity index (χ1v) is 7.48. The first kappa shape index (κ1) is 15.8. The van der Waals surface area contributed by atoms with E-state index in [-0.39, 0.29) is 5.91 Å². The van der Waals surface area contributed by atoms with Crippen molar-refractivity contribution >= 4 is 11.6 Å². The highest BCUT2D eigenvalue weighted by Gasteiger charge is 2.16. The van der Waals surface area contributed by atoms with Gasteiger partial charge < -0.3 is 15.1 Å². The Morgan fingerprint density at radius 1 is 1.14 bits per heavy atom. The Labute approximate surface area is 127 Å². The average molecular weight is 290 g/mol. The van der Waals surface area contributed by atoms with Crippen LogP contribution in [0.1, 0.15) is 5.56 Å². The van der Waals surface area contributed by atoms with Crippen molar-refractivity contribution in [1.29, 1.82) is 0 Å². The van der Waals surface area contributed by atoms with Gasteiger partial charge in [-0.2, -0.15) is 0 Å². The van der Waals surface area contributed by atoms with E-state index in [9.17, 15) is 4.79 Å². The number of rotatable bonds is 5. The summed E-state index contributed by atoms with van der Waals surface area (Å²) in [5, 5.41) is 3.00. The van der Waals surface area contributed by atoms with Gasteiger partial charge in [0.05, 0.1) is 6.54 Å². The molecule has 1 amide bonds. The van der Waals surface area contributed by atoms with Gasteiger partial charge in [-0.25, -0.2) is 0 Å². The second-order valence-electron chi connectivity index (χ2n) is 5.92. The van der Waals surface area contributed by atoms with Crippen molar-refractivity contribution in [2.75, 3.05) is 58.8 Å². The fraction of sp³-hybridized carbons (Fsp3) is 0.562. The van der Waals surface area contributed by atoms with E-state index in [1.807, 2.05) is 14.1 Å².